The predicted molar refractivity (Wildman–Crippen MR) is 80.9 cm³/mol. The summed E-state index contributed by atoms with van der Waals surface area (Å²) in [7, 11) is -3.62. The minimum atomic E-state index is -3.62. The highest BCUT2D eigenvalue weighted by Crippen LogP contribution is 2.25. The summed E-state index contributed by atoms with van der Waals surface area (Å²) in [5, 5.41) is 9.17. The number of hydrogen-bond acceptors (Lipinski definition) is 4. The average Bonchev–Trinajstić information content (AvgIpc) is 2.38. The molecule has 0 aliphatic heterocycles. The maximum absolute atomic E-state index is 12.8. The van der Waals surface area contributed by atoms with Gasteiger partial charge in [0.05, 0.1) is 11.5 Å². The van der Waals surface area contributed by atoms with Crippen molar-refractivity contribution in [1.82, 2.24) is 4.31 Å². The van der Waals surface area contributed by atoms with E-state index in [1.165, 1.54) is 10.4 Å². The molecule has 0 saturated heterocycles. The number of anilines is 1. The fourth-order valence-corrected chi connectivity index (χ4v) is 4.35. The zero-order chi connectivity index (χ0) is 15.3. The topological polar surface area (TPSA) is 83.6 Å². The molecule has 0 heterocycles. The summed E-state index contributed by atoms with van der Waals surface area (Å²) in [5.74, 6) is 0. The molecule has 20 heavy (non-hydrogen) atoms. The van der Waals surface area contributed by atoms with E-state index in [0.717, 1.165) is 0 Å². The van der Waals surface area contributed by atoms with Crippen LogP contribution in [0.1, 0.15) is 32.3 Å². The number of nitrogen functional groups attached to an aromatic ring is 1. The van der Waals surface area contributed by atoms with E-state index < -0.39 is 10.0 Å². The van der Waals surface area contributed by atoms with E-state index in [1.54, 1.807) is 19.1 Å². The van der Waals surface area contributed by atoms with Gasteiger partial charge in [-0.3, -0.25) is 0 Å². The van der Waals surface area contributed by atoms with Gasteiger partial charge in [0.25, 0.3) is 0 Å². The molecule has 0 bridgehead atoms. The number of nitrogens with two attached hydrogens (primary N) is 1. The molecule has 0 aromatic heterocycles. The summed E-state index contributed by atoms with van der Waals surface area (Å²) in [6, 6.07) is 4.66. The molecule has 0 atom stereocenters. The fourth-order valence-electron chi connectivity index (χ4n) is 2.38. The van der Waals surface area contributed by atoms with E-state index in [4.69, 9.17) is 5.73 Å². The number of benzene rings is 1. The third kappa shape index (κ3) is 3.50. The molecule has 6 heteroatoms. The highest BCUT2D eigenvalue weighted by molar-refractivity contribution is 7.89. The number of hydrogen-bond donors (Lipinski definition) is 2. The number of aliphatic hydroxyl groups excluding tert-OH is 1. The Morgan fingerprint density at radius 3 is 2.35 bits per heavy atom. The molecule has 0 spiro atoms. The van der Waals surface area contributed by atoms with Crippen molar-refractivity contribution >= 4 is 15.7 Å². The summed E-state index contributed by atoms with van der Waals surface area (Å²) in [6.45, 7) is 5.54. The molecule has 3 N–H and O–H groups in total. The van der Waals surface area contributed by atoms with Crippen molar-refractivity contribution in [2.24, 2.45) is 0 Å². The smallest absolute Gasteiger partial charge is 0.243 e. The summed E-state index contributed by atoms with van der Waals surface area (Å²) in [5.41, 5.74) is 6.83. The van der Waals surface area contributed by atoms with Crippen LogP contribution in [0, 0.1) is 6.92 Å². The SMILES string of the molecule is CCC(CC)N(CCO)S(=O)(=O)c1ccc(N)cc1C. The highest BCUT2D eigenvalue weighted by atomic mass is 32.2. The maximum Gasteiger partial charge on any atom is 0.243 e. The summed E-state index contributed by atoms with van der Waals surface area (Å²) in [6.07, 6.45) is 1.42. The van der Waals surface area contributed by atoms with Crippen molar-refractivity contribution < 1.29 is 13.5 Å². The molecule has 1 aromatic carbocycles. The largest absolute Gasteiger partial charge is 0.399 e. The van der Waals surface area contributed by atoms with Crippen LogP contribution in [0.25, 0.3) is 0 Å². The molecule has 1 aromatic rings. The lowest BCUT2D eigenvalue weighted by Gasteiger charge is -2.29. The number of sulfonamides is 1. The minimum absolute atomic E-state index is 0.107. The first-order valence-electron chi connectivity index (χ1n) is 6.87. The highest BCUT2D eigenvalue weighted by Gasteiger charge is 2.30. The number of aryl methyl sites for hydroxylation is 1. The van der Waals surface area contributed by atoms with Gasteiger partial charge in [-0.25, -0.2) is 8.42 Å². The van der Waals surface area contributed by atoms with Gasteiger partial charge in [0.15, 0.2) is 0 Å². The monoisotopic (exact) mass is 300 g/mol. The molecular formula is C14H24N2O3S. The van der Waals surface area contributed by atoms with E-state index >= 15 is 0 Å². The van der Waals surface area contributed by atoms with E-state index in [1.807, 2.05) is 13.8 Å². The van der Waals surface area contributed by atoms with Crippen LogP contribution < -0.4 is 5.73 Å². The standard InChI is InChI=1S/C14H24N2O3S/c1-4-13(5-2)16(8-9-17)20(18,19)14-7-6-12(15)10-11(14)3/h6-7,10,13,17H,4-5,8-9,15H2,1-3H3. The normalized spacial score (nSPS) is 12.3. The third-order valence-corrected chi connectivity index (χ3v) is 5.57. The molecule has 0 aliphatic carbocycles. The Labute approximate surface area is 121 Å². The van der Waals surface area contributed by atoms with Gasteiger partial charge in [0.1, 0.15) is 0 Å². The molecule has 5 nitrogen and oxygen atoms in total. The Kier molecular flexibility index (Phi) is 5.98. The van der Waals surface area contributed by atoms with Crippen LogP contribution in [-0.2, 0) is 10.0 Å². The zero-order valence-electron chi connectivity index (χ0n) is 12.3. The first-order chi connectivity index (χ1) is 9.38. The zero-order valence-corrected chi connectivity index (χ0v) is 13.2. The van der Waals surface area contributed by atoms with Crippen molar-refractivity contribution in [2.45, 2.75) is 44.6 Å². The summed E-state index contributed by atoms with van der Waals surface area (Å²) in [4.78, 5) is 0.257. The molecule has 0 aliphatic rings. The van der Waals surface area contributed by atoms with Crippen molar-refractivity contribution in [1.29, 1.82) is 0 Å². The van der Waals surface area contributed by atoms with Gasteiger partial charge in [0, 0.05) is 18.3 Å². The fraction of sp³-hybridized carbons (Fsp3) is 0.571. The lowest BCUT2D eigenvalue weighted by Crippen LogP contribution is -2.41. The molecule has 0 unspecified atom stereocenters. The number of aliphatic hydroxyl groups is 1. The Bertz CT molecular complexity index is 539. The Morgan fingerprint density at radius 1 is 1.30 bits per heavy atom. The molecular weight excluding hydrogens is 276 g/mol. The lowest BCUT2D eigenvalue weighted by molar-refractivity contribution is 0.219. The van der Waals surface area contributed by atoms with E-state index in [2.05, 4.69) is 0 Å². The molecule has 0 radical (unpaired) electrons. The first kappa shape index (κ1) is 16.9. The quantitative estimate of drug-likeness (QED) is 0.751. The lowest BCUT2D eigenvalue weighted by atomic mass is 10.2. The van der Waals surface area contributed by atoms with Crippen molar-refractivity contribution in [2.75, 3.05) is 18.9 Å². The van der Waals surface area contributed by atoms with Crippen LogP contribution in [-0.4, -0.2) is 37.0 Å². The van der Waals surface area contributed by atoms with Crippen LogP contribution in [0.2, 0.25) is 0 Å². The van der Waals surface area contributed by atoms with Gasteiger partial charge in [-0.1, -0.05) is 13.8 Å². The van der Waals surface area contributed by atoms with Crippen LogP contribution in [0.3, 0.4) is 0 Å². The van der Waals surface area contributed by atoms with Crippen LogP contribution in [0.15, 0.2) is 23.1 Å². The van der Waals surface area contributed by atoms with Gasteiger partial charge in [-0.05, 0) is 43.5 Å². The molecule has 0 fully saturated rings. The van der Waals surface area contributed by atoms with E-state index in [-0.39, 0.29) is 24.1 Å². The number of nitrogens with zero attached hydrogens (tertiary/aromatic N) is 1. The van der Waals surface area contributed by atoms with E-state index in [0.29, 0.717) is 24.1 Å². The second kappa shape index (κ2) is 7.06. The third-order valence-electron chi connectivity index (χ3n) is 3.46. The first-order valence-corrected chi connectivity index (χ1v) is 8.31. The van der Waals surface area contributed by atoms with Crippen LogP contribution in [0.5, 0.6) is 0 Å². The van der Waals surface area contributed by atoms with Gasteiger partial charge in [-0.2, -0.15) is 4.31 Å². The van der Waals surface area contributed by atoms with Gasteiger partial charge in [0.2, 0.25) is 10.0 Å². The van der Waals surface area contributed by atoms with Crippen LogP contribution in [0.4, 0.5) is 5.69 Å². The van der Waals surface area contributed by atoms with Crippen molar-refractivity contribution in [3.8, 4) is 0 Å². The molecule has 0 amide bonds. The summed E-state index contributed by atoms with van der Waals surface area (Å²) < 4.78 is 27.0. The van der Waals surface area contributed by atoms with Gasteiger partial charge >= 0.3 is 0 Å². The van der Waals surface area contributed by atoms with Crippen molar-refractivity contribution in [3.63, 3.8) is 0 Å². The molecule has 0 saturated carbocycles. The molecule has 114 valence electrons. The van der Waals surface area contributed by atoms with E-state index in [9.17, 15) is 13.5 Å². The average molecular weight is 300 g/mol. The minimum Gasteiger partial charge on any atom is -0.399 e. The van der Waals surface area contributed by atoms with Gasteiger partial charge < -0.3 is 10.8 Å². The number of rotatable bonds is 7. The predicted octanol–water partition coefficient (Wildman–Crippen LogP) is 1.75. The Morgan fingerprint density at radius 2 is 1.90 bits per heavy atom. The Balaban J connectivity index is 3.28. The second-order valence-electron chi connectivity index (χ2n) is 4.83. The molecule has 1 rings (SSSR count). The van der Waals surface area contributed by atoms with Crippen LogP contribution >= 0.6 is 0 Å². The van der Waals surface area contributed by atoms with Gasteiger partial charge in [-0.15, -0.1) is 0 Å². The van der Waals surface area contributed by atoms with Crippen molar-refractivity contribution in [3.05, 3.63) is 23.8 Å². The Hall–Kier alpha value is -1.11. The summed E-state index contributed by atoms with van der Waals surface area (Å²) >= 11 is 0. The maximum atomic E-state index is 12.8. The second-order valence-corrected chi connectivity index (χ2v) is 6.69.